The Morgan fingerprint density at radius 3 is 2.60 bits per heavy atom. The van der Waals surface area contributed by atoms with E-state index >= 15 is 0 Å². The molecule has 0 fully saturated rings. The molecule has 0 saturated carbocycles. The van der Waals surface area contributed by atoms with Crippen molar-refractivity contribution in [1.82, 2.24) is 19.9 Å². The van der Waals surface area contributed by atoms with Gasteiger partial charge in [-0.05, 0) is 55.0 Å². The molecule has 2 aromatic carbocycles. The Labute approximate surface area is 198 Å². The van der Waals surface area contributed by atoms with E-state index in [0.29, 0.717) is 28.6 Å². The molecular formula is C24H19F3N6O2. The van der Waals surface area contributed by atoms with Gasteiger partial charge in [0.25, 0.3) is 5.91 Å². The molecule has 0 radical (unpaired) electrons. The van der Waals surface area contributed by atoms with Crippen LogP contribution in [0.15, 0.2) is 67.1 Å². The van der Waals surface area contributed by atoms with Gasteiger partial charge in [-0.15, -0.1) is 0 Å². The van der Waals surface area contributed by atoms with Crippen LogP contribution in [0.5, 0.6) is 11.6 Å². The number of nitrogens with zero attached hydrogens (tertiary/aromatic N) is 4. The van der Waals surface area contributed by atoms with E-state index in [1.807, 2.05) is 0 Å². The Balaban J connectivity index is 1.60. The van der Waals surface area contributed by atoms with E-state index in [0.717, 1.165) is 12.1 Å². The van der Waals surface area contributed by atoms with Crippen LogP contribution in [0.1, 0.15) is 21.5 Å². The van der Waals surface area contributed by atoms with Gasteiger partial charge in [0.05, 0.1) is 11.1 Å². The summed E-state index contributed by atoms with van der Waals surface area (Å²) in [7, 11) is 1.68. The number of halogens is 3. The predicted octanol–water partition coefficient (Wildman–Crippen LogP) is 5.35. The van der Waals surface area contributed by atoms with Gasteiger partial charge in [-0.3, -0.25) is 4.79 Å². The molecule has 178 valence electrons. The summed E-state index contributed by atoms with van der Waals surface area (Å²) in [6.45, 7) is 1.79. The van der Waals surface area contributed by atoms with Gasteiger partial charge in [-0.25, -0.2) is 15.0 Å². The fourth-order valence-electron chi connectivity index (χ4n) is 3.12. The molecule has 0 unspecified atom stereocenters. The lowest BCUT2D eigenvalue weighted by Crippen LogP contribution is -2.13. The van der Waals surface area contributed by atoms with Gasteiger partial charge in [0.1, 0.15) is 12.1 Å². The summed E-state index contributed by atoms with van der Waals surface area (Å²) in [5, 5.41) is 5.32. The number of carbonyl (C=O) groups is 1. The number of alkyl halides is 3. The van der Waals surface area contributed by atoms with Gasteiger partial charge in [-0.2, -0.15) is 18.2 Å². The second-order valence-electron chi connectivity index (χ2n) is 7.35. The van der Waals surface area contributed by atoms with E-state index < -0.39 is 17.6 Å². The molecule has 0 bridgehead atoms. The second-order valence-corrected chi connectivity index (χ2v) is 7.35. The number of pyridine rings is 1. The first kappa shape index (κ1) is 23.6. The van der Waals surface area contributed by atoms with E-state index in [9.17, 15) is 18.0 Å². The zero-order valence-corrected chi connectivity index (χ0v) is 18.6. The van der Waals surface area contributed by atoms with Crippen molar-refractivity contribution in [3.05, 3.63) is 83.8 Å². The lowest BCUT2D eigenvalue weighted by atomic mass is 10.1. The number of aromatic nitrogens is 4. The van der Waals surface area contributed by atoms with Crippen LogP contribution in [0.4, 0.5) is 24.8 Å². The number of amides is 1. The van der Waals surface area contributed by atoms with Gasteiger partial charge in [-0.1, -0.05) is 12.1 Å². The molecule has 0 aliphatic rings. The molecular weight excluding hydrogens is 461 g/mol. The number of aryl methyl sites for hydroxylation is 1. The zero-order chi connectivity index (χ0) is 25.0. The van der Waals surface area contributed by atoms with Crippen molar-refractivity contribution >= 4 is 17.5 Å². The van der Waals surface area contributed by atoms with Crippen LogP contribution in [0.3, 0.4) is 0 Å². The molecule has 4 rings (SSSR count). The molecule has 0 saturated heterocycles. The normalized spacial score (nSPS) is 11.1. The topological polar surface area (TPSA) is 102 Å². The van der Waals surface area contributed by atoms with E-state index in [4.69, 9.17) is 4.74 Å². The molecule has 0 aliphatic heterocycles. The van der Waals surface area contributed by atoms with Crippen molar-refractivity contribution in [3.63, 3.8) is 0 Å². The van der Waals surface area contributed by atoms with E-state index in [-0.39, 0.29) is 17.1 Å². The number of anilines is 2. The second kappa shape index (κ2) is 9.75. The Morgan fingerprint density at radius 1 is 1.00 bits per heavy atom. The predicted molar refractivity (Wildman–Crippen MR) is 123 cm³/mol. The average Bonchev–Trinajstić information content (AvgIpc) is 2.85. The number of hydrogen-bond donors (Lipinski definition) is 2. The third-order valence-corrected chi connectivity index (χ3v) is 4.91. The third kappa shape index (κ3) is 5.52. The molecule has 2 aromatic heterocycles. The number of ether oxygens (including phenoxy) is 1. The average molecular weight is 480 g/mol. The summed E-state index contributed by atoms with van der Waals surface area (Å²) in [6.07, 6.45) is -1.62. The summed E-state index contributed by atoms with van der Waals surface area (Å²) in [4.78, 5) is 29.5. The largest absolute Gasteiger partial charge is 0.438 e. The molecule has 1 amide bonds. The van der Waals surface area contributed by atoms with E-state index in [1.54, 1.807) is 44.4 Å². The van der Waals surface area contributed by atoms with Crippen LogP contribution in [-0.4, -0.2) is 32.9 Å². The highest BCUT2D eigenvalue weighted by molar-refractivity contribution is 6.04. The highest BCUT2D eigenvalue weighted by Crippen LogP contribution is 2.33. The van der Waals surface area contributed by atoms with Crippen LogP contribution < -0.4 is 15.4 Å². The Bertz CT molecular complexity index is 1380. The Kier molecular flexibility index (Phi) is 6.58. The van der Waals surface area contributed by atoms with Gasteiger partial charge >= 0.3 is 6.18 Å². The van der Waals surface area contributed by atoms with Gasteiger partial charge in [0.15, 0.2) is 5.82 Å². The molecule has 8 nitrogen and oxygen atoms in total. The fourth-order valence-corrected chi connectivity index (χ4v) is 3.12. The lowest BCUT2D eigenvalue weighted by molar-refractivity contribution is -0.137. The number of benzene rings is 2. The van der Waals surface area contributed by atoms with Crippen LogP contribution in [0.25, 0.3) is 11.4 Å². The van der Waals surface area contributed by atoms with Crippen molar-refractivity contribution in [2.75, 3.05) is 17.7 Å². The number of hydrogen-bond acceptors (Lipinski definition) is 7. The molecule has 2 N–H and O–H groups in total. The van der Waals surface area contributed by atoms with Gasteiger partial charge < -0.3 is 15.4 Å². The maximum absolute atomic E-state index is 13.0. The smallest absolute Gasteiger partial charge is 0.416 e. The minimum absolute atomic E-state index is 0.0232. The summed E-state index contributed by atoms with van der Waals surface area (Å²) in [5.41, 5.74) is 0.576. The zero-order valence-electron chi connectivity index (χ0n) is 18.6. The quantitative estimate of drug-likeness (QED) is 0.384. The minimum Gasteiger partial charge on any atom is -0.438 e. The maximum Gasteiger partial charge on any atom is 0.416 e. The number of rotatable bonds is 6. The first-order valence-corrected chi connectivity index (χ1v) is 10.3. The molecule has 0 spiro atoms. The molecule has 0 aliphatic carbocycles. The van der Waals surface area contributed by atoms with Crippen LogP contribution >= 0.6 is 0 Å². The highest BCUT2D eigenvalue weighted by atomic mass is 19.4. The van der Waals surface area contributed by atoms with Crippen molar-refractivity contribution in [2.45, 2.75) is 13.1 Å². The van der Waals surface area contributed by atoms with Crippen LogP contribution in [0, 0.1) is 6.92 Å². The van der Waals surface area contributed by atoms with Crippen molar-refractivity contribution in [2.24, 2.45) is 0 Å². The van der Waals surface area contributed by atoms with Crippen LogP contribution in [0.2, 0.25) is 0 Å². The van der Waals surface area contributed by atoms with Crippen molar-refractivity contribution < 1.29 is 22.7 Å². The summed E-state index contributed by atoms with van der Waals surface area (Å²) in [5.74, 6) is 0.660. The van der Waals surface area contributed by atoms with Crippen LogP contribution in [-0.2, 0) is 6.18 Å². The van der Waals surface area contributed by atoms with Gasteiger partial charge in [0, 0.05) is 24.5 Å². The monoisotopic (exact) mass is 480 g/mol. The lowest BCUT2D eigenvalue weighted by Gasteiger charge is -2.13. The minimum atomic E-state index is -4.52. The maximum atomic E-state index is 13.0. The molecule has 4 aromatic rings. The first-order valence-electron chi connectivity index (χ1n) is 10.3. The van der Waals surface area contributed by atoms with Crippen molar-refractivity contribution in [1.29, 1.82) is 0 Å². The standard InChI is InChI=1S/C24H19F3N6O2/c1-14-8-9-15(21(34)32-17-6-3-5-16(12-17)24(25,26)27)11-19(14)35-22-18(7-4-10-29-22)20-30-13-31-23(28-2)33-20/h3-13H,1-2H3,(H,32,34)(H,28,30,31,33). The fraction of sp³-hybridized carbons (Fsp3) is 0.125. The summed E-state index contributed by atoms with van der Waals surface area (Å²) in [6, 6.07) is 12.6. The number of nitrogens with one attached hydrogen (secondary N) is 2. The molecule has 11 heteroatoms. The van der Waals surface area contributed by atoms with Crippen molar-refractivity contribution in [3.8, 4) is 23.0 Å². The highest BCUT2D eigenvalue weighted by Gasteiger charge is 2.30. The summed E-state index contributed by atoms with van der Waals surface area (Å²) >= 11 is 0. The van der Waals surface area contributed by atoms with E-state index in [2.05, 4.69) is 30.6 Å². The Hall–Kier alpha value is -4.54. The summed E-state index contributed by atoms with van der Waals surface area (Å²) < 4.78 is 45.0. The Morgan fingerprint density at radius 2 is 1.83 bits per heavy atom. The third-order valence-electron chi connectivity index (χ3n) is 4.91. The molecule has 0 atom stereocenters. The molecule has 2 heterocycles. The molecule has 35 heavy (non-hydrogen) atoms. The van der Waals surface area contributed by atoms with E-state index in [1.165, 1.54) is 24.5 Å². The number of carbonyl (C=O) groups excluding carboxylic acids is 1. The van der Waals surface area contributed by atoms with Gasteiger partial charge in [0.2, 0.25) is 11.8 Å². The first-order chi connectivity index (χ1) is 16.7. The SMILES string of the molecule is CNc1ncnc(-c2cccnc2Oc2cc(C(=O)Nc3cccc(C(F)(F)F)c3)ccc2C)n1.